The lowest BCUT2D eigenvalue weighted by Gasteiger charge is -2.06. The Morgan fingerprint density at radius 1 is 1.28 bits per heavy atom. The minimum atomic E-state index is -0.115. The highest BCUT2D eigenvalue weighted by atomic mass is 16.1. The SMILES string of the molecule is CCCc1c(N)nc(Cc2ccccc2)[nH]c1=O. The molecule has 2 rings (SSSR count). The van der Waals surface area contributed by atoms with Crippen molar-refractivity contribution in [1.29, 1.82) is 0 Å². The number of aromatic nitrogens is 2. The van der Waals surface area contributed by atoms with Crippen molar-refractivity contribution in [3.05, 3.63) is 57.6 Å². The van der Waals surface area contributed by atoms with Crippen LogP contribution in [0, 0.1) is 0 Å². The van der Waals surface area contributed by atoms with Gasteiger partial charge in [-0.3, -0.25) is 4.79 Å². The van der Waals surface area contributed by atoms with Gasteiger partial charge >= 0.3 is 0 Å². The van der Waals surface area contributed by atoms with Gasteiger partial charge in [0, 0.05) is 6.42 Å². The van der Waals surface area contributed by atoms with Gasteiger partial charge in [0.25, 0.3) is 5.56 Å². The molecule has 2 aromatic rings. The topological polar surface area (TPSA) is 71.8 Å². The summed E-state index contributed by atoms with van der Waals surface area (Å²) in [7, 11) is 0. The lowest BCUT2D eigenvalue weighted by molar-refractivity contribution is 0.862. The molecular formula is C14H17N3O. The highest BCUT2D eigenvalue weighted by molar-refractivity contribution is 5.38. The number of anilines is 1. The number of benzene rings is 1. The van der Waals surface area contributed by atoms with E-state index in [0.717, 1.165) is 12.0 Å². The zero-order valence-electron chi connectivity index (χ0n) is 10.4. The molecule has 1 aromatic heterocycles. The van der Waals surface area contributed by atoms with Gasteiger partial charge in [0.15, 0.2) is 0 Å². The lowest BCUT2D eigenvalue weighted by Crippen LogP contribution is -2.19. The Morgan fingerprint density at radius 2 is 2.00 bits per heavy atom. The van der Waals surface area contributed by atoms with Gasteiger partial charge in [-0.2, -0.15) is 0 Å². The van der Waals surface area contributed by atoms with Crippen LogP contribution in [0.1, 0.15) is 30.3 Å². The van der Waals surface area contributed by atoms with E-state index in [9.17, 15) is 4.79 Å². The third-order valence-corrected chi connectivity index (χ3v) is 2.81. The first-order valence-electron chi connectivity index (χ1n) is 6.12. The van der Waals surface area contributed by atoms with Gasteiger partial charge in [0.1, 0.15) is 11.6 Å². The summed E-state index contributed by atoms with van der Waals surface area (Å²) in [5.74, 6) is 0.968. The average molecular weight is 243 g/mol. The second-order valence-electron chi connectivity index (χ2n) is 4.29. The fourth-order valence-corrected chi connectivity index (χ4v) is 1.93. The number of H-pyrrole nitrogens is 1. The maximum atomic E-state index is 11.9. The molecular weight excluding hydrogens is 226 g/mol. The Bertz CT molecular complexity index is 575. The number of nitrogens with zero attached hydrogens (tertiary/aromatic N) is 1. The fourth-order valence-electron chi connectivity index (χ4n) is 1.93. The zero-order chi connectivity index (χ0) is 13.0. The third-order valence-electron chi connectivity index (χ3n) is 2.81. The molecule has 0 amide bonds. The van der Waals surface area contributed by atoms with Crippen molar-refractivity contribution >= 4 is 5.82 Å². The van der Waals surface area contributed by atoms with E-state index >= 15 is 0 Å². The maximum absolute atomic E-state index is 11.9. The summed E-state index contributed by atoms with van der Waals surface area (Å²) in [5.41, 5.74) is 7.41. The van der Waals surface area contributed by atoms with Crippen molar-refractivity contribution in [1.82, 2.24) is 9.97 Å². The molecule has 0 atom stereocenters. The monoisotopic (exact) mass is 243 g/mol. The van der Waals surface area contributed by atoms with Crippen molar-refractivity contribution < 1.29 is 0 Å². The van der Waals surface area contributed by atoms with Gasteiger partial charge in [-0.25, -0.2) is 4.98 Å². The molecule has 0 bridgehead atoms. The normalized spacial score (nSPS) is 10.5. The highest BCUT2D eigenvalue weighted by Crippen LogP contribution is 2.09. The maximum Gasteiger partial charge on any atom is 0.256 e. The van der Waals surface area contributed by atoms with Crippen LogP contribution in [0.5, 0.6) is 0 Å². The molecule has 0 fully saturated rings. The van der Waals surface area contributed by atoms with Gasteiger partial charge in [-0.1, -0.05) is 43.7 Å². The van der Waals surface area contributed by atoms with Gasteiger partial charge in [0.05, 0.1) is 5.56 Å². The number of nitrogens with two attached hydrogens (primary N) is 1. The molecule has 0 aliphatic carbocycles. The minimum absolute atomic E-state index is 0.115. The molecule has 3 N–H and O–H groups in total. The van der Waals surface area contributed by atoms with E-state index in [4.69, 9.17) is 5.73 Å². The van der Waals surface area contributed by atoms with Crippen LogP contribution in [0.25, 0.3) is 0 Å². The average Bonchev–Trinajstić information content (AvgIpc) is 2.35. The molecule has 0 aliphatic heterocycles. The molecule has 0 spiro atoms. The van der Waals surface area contributed by atoms with Crippen molar-refractivity contribution in [2.24, 2.45) is 0 Å². The molecule has 1 heterocycles. The van der Waals surface area contributed by atoms with E-state index in [0.29, 0.717) is 30.0 Å². The molecule has 4 nitrogen and oxygen atoms in total. The van der Waals surface area contributed by atoms with E-state index < -0.39 is 0 Å². The van der Waals surface area contributed by atoms with Crippen LogP contribution in [0.4, 0.5) is 5.82 Å². The summed E-state index contributed by atoms with van der Waals surface area (Å²) in [5, 5.41) is 0. The van der Waals surface area contributed by atoms with Crippen LogP contribution < -0.4 is 11.3 Å². The molecule has 1 aromatic carbocycles. The smallest absolute Gasteiger partial charge is 0.256 e. The molecule has 0 saturated carbocycles. The van der Waals surface area contributed by atoms with Crippen LogP contribution in [0.3, 0.4) is 0 Å². The number of hydrogen-bond donors (Lipinski definition) is 2. The number of nitrogen functional groups attached to an aromatic ring is 1. The molecule has 94 valence electrons. The van der Waals surface area contributed by atoms with E-state index in [-0.39, 0.29) is 5.56 Å². The second kappa shape index (κ2) is 5.49. The minimum Gasteiger partial charge on any atom is -0.383 e. The quantitative estimate of drug-likeness (QED) is 0.861. The molecule has 0 aliphatic rings. The van der Waals surface area contributed by atoms with Crippen LogP contribution in [-0.4, -0.2) is 9.97 Å². The van der Waals surface area contributed by atoms with Gasteiger partial charge < -0.3 is 10.7 Å². The Hall–Kier alpha value is -2.10. The second-order valence-corrected chi connectivity index (χ2v) is 4.29. The lowest BCUT2D eigenvalue weighted by atomic mass is 10.1. The first-order chi connectivity index (χ1) is 8.70. The van der Waals surface area contributed by atoms with E-state index in [1.165, 1.54) is 0 Å². The predicted molar refractivity (Wildman–Crippen MR) is 72.5 cm³/mol. The summed E-state index contributed by atoms with van der Waals surface area (Å²) in [4.78, 5) is 18.9. The molecule has 0 radical (unpaired) electrons. The number of hydrogen-bond acceptors (Lipinski definition) is 3. The number of nitrogens with one attached hydrogen (secondary N) is 1. The Balaban J connectivity index is 2.28. The van der Waals surface area contributed by atoms with Gasteiger partial charge in [0.2, 0.25) is 0 Å². The van der Waals surface area contributed by atoms with Gasteiger partial charge in [-0.05, 0) is 12.0 Å². The van der Waals surface area contributed by atoms with Crippen molar-refractivity contribution in [3.8, 4) is 0 Å². The summed E-state index contributed by atoms with van der Waals surface area (Å²) in [6.07, 6.45) is 2.14. The van der Waals surface area contributed by atoms with E-state index in [1.54, 1.807) is 0 Å². The first kappa shape index (κ1) is 12.4. The first-order valence-corrected chi connectivity index (χ1v) is 6.12. The van der Waals surface area contributed by atoms with Gasteiger partial charge in [-0.15, -0.1) is 0 Å². The summed E-state index contributed by atoms with van der Waals surface area (Å²) in [6.45, 7) is 2.01. The number of rotatable bonds is 4. The van der Waals surface area contributed by atoms with E-state index in [1.807, 2.05) is 37.3 Å². The Kier molecular flexibility index (Phi) is 3.77. The summed E-state index contributed by atoms with van der Waals surface area (Å²) >= 11 is 0. The summed E-state index contributed by atoms with van der Waals surface area (Å²) < 4.78 is 0. The number of aromatic amines is 1. The fraction of sp³-hybridized carbons (Fsp3) is 0.286. The largest absolute Gasteiger partial charge is 0.383 e. The van der Waals surface area contributed by atoms with Crippen molar-refractivity contribution in [2.75, 3.05) is 5.73 Å². The van der Waals surface area contributed by atoms with Crippen LogP contribution in [0.2, 0.25) is 0 Å². The zero-order valence-corrected chi connectivity index (χ0v) is 10.4. The van der Waals surface area contributed by atoms with Crippen LogP contribution in [0.15, 0.2) is 35.1 Å². The van der Waals surface area contributed by atoms with Crippen LogP contribution in [-0.2, 0) is 12.8 Å². The standard InChI is InChI=1S/C14H17N3O/c1-2-6-11-13(15)16-12(17-14(11)18)9-10-7-4-3-5-8-10/h3-5,7-8H,2,6,9H2,1H3,(H3,15,16,17,18). The Morgan fingerprint density at radius 3 is 2.61 bits per heavy atom. The third kappa shape index (κ3) is 2.77. The molecule has 18 heavy (non-hydrogen) atoms. The highest BCUT2D eigenvalue weighted by Gasteiger charge is 2.08. The van der Waals surface area contributed by atoms with E-state index in [2.05, 4.69) is 9.97 Å². The summed E-state index contributed by atoms with van der Waals surface area (Å²) in [6, 6.07) is 9.87. The molecule has 0 saturated heterocycles. The van der Waals surface area contributed by atoms with Crippen molar-refractivity contribution in [3.63, 3.8) is 0 Å². The van der Waals surface area contributed by atoms with Crippen LogP contribution >= 0.6 is 0 Å². The predicted octanol–water partition coefficient (Wildman–Crippen LogP) is 1.90. The Labute approximate surface area is 106 Å². The molecule has 0 unspecified atom stereocenters. The molecule has 4 heteroatoms. The van der Waals surface area contributed by atoms with Crippen molar-refractivity contribution in [2.45, 2.75) is 26.2 Å².